The van der Waals surface area contributed by atoms with E-state index >= 15 is 0 Å². The molecule has 3 rings (SSSR count). The molecule has 9 heteroatoms. The number of methoxy groups -OCH3 is 2. The Hall–Kier alpha value is -1.45. The first-order valence-corrected chi connectivity index (χ1v) is 10.7. The Labute approximate surface area is 154 Å². The third-order valence-electron chi connectivity index (χ3n) is 5.05. The highest BCUT2D eigenvalue weighted by atomic mass is 32.2. The van der Waals surface area contributed by atoms with Crippen molar-refractivity contribution in [2.45, 2.75) is 50.0 Å². The quantitative estimate of drug-likeness (QED) is 0.582. The molecular weight excluding hydrogens is 358 g/mol. The lowest BCUT2D eigenvalue weighted by molar-refractivity contribution is -0.146. The lowest BCUT2D eigenvalue weighted by Crippen LogP contribution is -2.37. The minimum absolute atomic E-state index is 0.116. The van der Waals surface area contributed by atoms with Gasteiger partial charge in [0.2, 0.25) is 15.0 Å². The van der Waals surface area contributed by atoms with Gasteiger partial charge in [0.15, 0.2) is 0 Å². The van der Waals surface area contributed by atoms with Gasteiger partial charge in [0.25, 0.3) is 0 Å². The standard InChI is InChI=1S/C17H27N3O5S/c1-24-9-8-20-14(11-19-7-3-4-15(19)16(21)25-2)10-18-17(20)26(22,23)12-13-5-6-13/h10,13,15H,3-9,11-12H2,1-2H3/t15-/m0/s1. The predicted octanol–water partition coefficient (Wildman–Crippen LogP) is 0.851. The Kier molecular flexibility index (Phi) is 5.99. The maximum Gasteiger partial charge on any atom is 0.323 e. The molecule has 26 heavy (non-hydrogen) atoms. The molecule has 1 atom stereocenters. The zero-order chi connectivity index (χ0) is 18.7. The summed E-state index contributed by atoms with van der Waals surface area (Å²) in [5, 5.41) is 0.116. The van der Waals surface area contributed by atoms with Crippen LogP contribution in [0.2, 0.25) is 0 Å². The van der Waals surface area contributed by atoms with Crippen LogP contribution in [0.1, 0.15) is 31.4 Å². The van der Waals surface area contributed by atoms with Crippen molar-refractivity contribution in [1.82, 2.24) is 14.5 Å². The van der Waals surface area contributed by atoms with Crippen molar-refractivity contribution in [3.05, 3.63) is 11.9 Å². The molecule has 1 aliphatic heterocycles. The summed E-state index contributed by atoms with van der Waals surface area (Å²) in [6, 6.07) is -0.280. The van der Waals surface area contributed by atoms with Crippen LogP contribution in [0, 0.1) is 5.92 Å². The molecule has 1 aliphatic carbocycles. The number of hydrogen-bond acceptors (Lipinski definition) is 7. The minimum Gasteiger partial charge on any atom is -0.468 e. The van der Waals surface area contributed by atoms with E-state index in [4.69, 9.17) is 9.47 Å². The topological polar surface area (TPSA) is 90.7 Å². The van der Waals surface area contributed by atoms with E-state index in [1.807, 2.05) is 4.90 Å². The fraction of sp³-hybridized carbons (Fsp3) is 0.765. The number of rotatable bonds is 9. The van der Waals surface area contributed by atoms with Gasteiger partial charge in [0.05, 0.1) is 31.4 Å². The Balaban J connectivity index is 1.83. The van der Waals surface area contributed by atoms with Gasteiger partial charge >= 0.3 is 5.97 Å². The van der Waals surface area contributed by atoms with Gasteiger partial charge in [0.1, 0.15) is 6.04 Å². The monoisotopic (exact) mass is 385 g/mol. The van der Waals surface area contributed by atoms with Gasteiger partial charge < -0.3 is 14.0 Å². The van der Waals surface area contributed by atoms with E-state index in [0.717, 1.165) is 37.9 Å². The summed E-state index contributed by atoms with van der Waals surface area (Å²) in [5.74, 6) is 0.177. The number of imidazole rings is 1. The number of ether oxygens (including phenoxy) is 2. The Morgan fingerprint density at radius 3 is 2.73 bits per heavy atom. The molecule has 8 nitrogen and oxygen atoms in total. The summed E-state index contributed by atoms with van der Waals surface area (Å²) in [7, 11) is -0.440. The lowest BCUT2D eigenvalue weighted by Gasteiger charge is -2.23. The predicted molar refractivity (Wildman–Crippen MR) is 94.3 cm³/mol. The molecule has 1 saturated heterocycles. The van der Waals surface area contributed by atoms with Crippen LogP contribution in [-0.2, 0) is 37.2 Å². The molecule has 0 N–H and O–H groups in total. The zero-order valence-corrected chi connectivity index (χ0v) is 16.2. The highest BCUT2D eigenvalue weighted by Crippen LogP contribution is 2.32. The molecule has 0 bridgehead atoms. The third-order valence-corrected chi connectivity index (χ3v) is 6.85. The van der Waals surface area contributed by atoms with E-state index in [1.54, 1.807) is 17.9 Å². The number of carbonyl (C=O) groups is 1. The van der Waals surface area contributed by atoms with E-state index in [0.29, 0.717) is 19.7 Å². The highest BCUT2D eigenvalue weighted by Gasteiger charge is 2.35. The van der Waals surface area contributed by atoms with Crippen molar-refractivity contribution in [3.63, 3.8) is 0 Å². The van der Waals surface area contributed by atoms with Crippen LogP contribution in [0.3, 0.4) is 0 Å². The summed E-state index contributed by atoms with van der Waals surface area (Å²) in [4.78, 5) is 18.2. The second-order valence-electron chi connectivity index (χ2n) is 7.05. The fourth-order valence-electron chi connectivity index (χ4n) is 3.48. The van der Waals surface area contributed by atoms with Gasteiger partial charge in [-0.15, -0.1) is 0 Å². The van der Waals surface area contributed by atoms with Crippen molar-refractivity contribution in [3.8, 4) is 0 Å². The largest absolute Gasteiger partial charge is 0.468 e. The molecule has 2 heterocycles. The first kappa shape index (κ1) is 19.3. The SMILES string of the molecule is COCCn1c(CN2CCC[C@H]2C(=O)OC)cnc1S(=O)(=O)CC1CC1. The molecule has 1 aromatic heterocycles. The maximum absolute atomic E-state index is 12.7. The molecule has 2 aliphatic rings. The summed E-state index contributed by atoms with van der Waals surface area (Å²) >= 11 is 0. The molecule has 0 spiro atoms. The molecule has 0 amide bonds. The van der Waals surface area contributed by atoms with E-state index in [9.17, 15) is 13.2 Å². The lowest BCUT2D eigenvalue weighted by atomic mass is 10.2. The number of nitrogens with zero attached hydrogens (tertiary/aromatic N) is 3. The van der Waals surface area contributed by atoms with Gasteiger partial charge in [-0.05, 0) is 38.1 Å². The number of aromatic nitrogens is 2. The minimum atomic E-state index is -3.42. The summed E-state index contributed by atoms with van der Waals surface area (Å²) in [6.07, 6.45) is 5.23. The van der Waals surface area contributed by atoms with Crippen LogP contribution in [0.5, 0.6) is 0 Å². The molecule has 0 unspecified atom stereocenters. The number of sulfone groups is 1. The fourth-order valence-corrected chi connectivity index (χ4v) is 5.34. The first-order chi connectivity index (χ1) is 12.5. The Morgan fingerprint density at radius 2 is 2.08 bits per heavy atom. The van der Waals surface area contributed by atoms with Gasteiger partial charge in [-0.25, -0.2) is 13.4 Å². The normalized spacial score (nSPS) is 21.2. The van der Waals surface area contributed by atoms with E-state index in [2.05, 4.69) is 4.98 Å². The second-order valence-corrected chi connectivity index (χ2v) is 8.98. The number of hydrogen-bond donors (Lipinski definition) is 0. The molecule has 2 fully saturated rings. The second kappa shape index (κ2) is 8.06. The maximum atomic E-state index is 12.7. The van der Waals surface area contributed by atoms with Crippen LogP contribution in [0.15, 0.2) is 11.4 Å². The van der Waals surface area contributed by atoms with Crippen molar-refractivity contribution in [2.75, 3.05) is 33.1 Å². The molecule has 1 aromatic rings. The van der Waals surface area contributed by atoms with Crippen molar-refractivity contribution >= 4 is 15.8 Å². The highest BCUT2D eigenvalue weighted by molar-refractivity contribution is 7.91. The van der Waals surface area contributed by atoms with E-state index in [1.165, 1.54) is 7.11 Å². The van der Waals surface area contributed by atoms with Gasteiger partial charge in [-0.3, -0.25) is 9.69 Å². The van der Waals surface area contributed by atoms with Gasteiger partial charge in [0, 0.05) is 20.2 Å². The molecule has 146 valence electrons. The number of carbonyl (C=O) groups excluding carboxylic acids is 1. The molecule has 0 aromatic carbocycles. The number of esters is 1. The molecule has 0 radical (unpaired) electrons. The van der Waals surface area contributed by atoms with E-state index in [-0.39, 0.29) is 28.8 Å². The zero-order valence-electron chi connectivity index (χ0n) is 15.4. The summed E-state index contributed by atoms with van der Waals surface area (Å²) in [6.45, 7) is 2.06. The van der Waals surface area contributed by atoms with Crippen LogP contribution in [0.4, 0.5) is 0 Å². The average Bonchev–Trinajstić information content (AvgIpc) is 3.13. The third kappa shape index (κ3) is 4.27. The smallest absolute Gasteiger partial charge is 0.323 e. The van der Waals surface area contributed by atoms with Crippen molar-refractivity contribution in [2.24, 2.45) is 5.92 Å². The van der Waals surface area contributed by atoms with Gasteiger partial charge in [-0.2, -0.15) is 0 Å². The molecular formula is C17H27N3O5S. The van der Waals surface area contributed by atoms with Crippen molar-refractivity contribution < 1.29 is 22.7 Å². The first-order valence-electron chi connectivity index (χ1n) is 9.04. The molecule has 1 saturated carbocycles. The summed E-state index contributed by atoms with van der Waals surface area (Å²) in [5.41, 5.74) is 0.784. The van der Waals surface area contributed by atoms with Gasteiger partial charge in [-0.1, -0.05) is 0 Å². The van der Waals surface area contributed by atoms with Crippen LogP contribution in [0.25, 0.3) is 0 Å². The number of likely N-dealkylation sites (tertiary alicyclic amines) is 1. The van der Waals surface area contributed by atoms with Crippen LogP contribution < -0.4 is 0 Å². The van der Waals surface area contributed by atoms with Crippen molar-refractivity contribution in [1.29, 1.82) is 0 Å². The Morgan fingerprint density at radius 1 is 1.31 bits per heavy atom. The average molecular weight is 385 g/mol. The Bertz CT molecular complexity index is 742. The van der Waals surface area contributed by atoms with Crippen LogP contribution >= 0.6 is 0 Å². The van der Waals surface area contributed by atoms with Crippen LogP contribution in [-0.4, -0.2) is 68.0 Å². The van der Waals surface area contributed by atoms with E-state index < -0.39 is 9.84 Å². The summed E-state index contributed by atoms with van der Waals surface area (Å²) < 4.78 is 37.2.